The Balaban J connectivity index is 4.24. The third kappa shape index (κ3) is 47.4. The van der Waals surface area contributed by atoms with E-state index >= 15 is 0 Å². The Morgan fingerprint density at radius 3 is 1.16 bits per heavy atom. The lowest BCUT2D eigenvalue weighted by molar-refractivity contribution is -0.887. The zero-order valence-electron chi connectivity index (χ0n) is 43.8. The first kappa shape index (κ1) is 63.5. The van der Waals surface area contributed by atoms with Crippen LogP contribution in [0.15, 0.2) is 85.1 Å². The number of carboxylic acid groups (broad SMARTS) is 1. The topological polar surface area (TPSA) is 99.1 Å². The van der Waals surface area contributed by atoms with Gasteiger partial charge in [0.15, 0.2) is 12.1 Å². The molecule has 8 nitrogen and oxygen atoms in total. The molecule has 0 aromatic carbocycles. The molecule has 0 fully saturated rings. The van der Waals surface area contributed by atoms with Crippen molar-refractivity contribution >= 4 is 17.9 Å². The summed E-state index contributed by atoms with van der Waals surface area (Å²) < 4.78 is 17.4. The Morgan fingerprint density at radius 2 is 0.791 bits per heavy atom. The molecule has 1 N–H and O–H groups in total. The second-order valence-corrected chi connectivity index (χ2v) is 19.1. The van der Waals surface area contributed by atoms with Gasteiger partial charge in [0.1, 0.15) is 6.61 Å². The van der Waals surface area contributed by atoms with Gasteiger partial charge in [-0.05, 0) is 83.5 Å². The Morgan fingerprint density at radius 1 is 0.448 bits per heavy atom. The van der Waals surface area contributed by atoms with Crippen molar-refractivity contribution in [2.75, 3.05) is 41.0 Å². The third-order valence-electron chi connectivity index (χ3n) is 11.8. The lowest BCUT2D eigenvalue weighted by atomic mass is 10.0. The van der Waals surface area contributed by atoms with E-state index in [9.17, 15) is 19.5 Å². The highest BCUT2D eigenvalue weighted by Crippen LogP contribution is 2.16. The van der Waals surface area contributed by atoms with Gasteiger partial charge in [0.2, 0.25) is 0 Å². The molecule has 0 aliphatic rings. The molecule has 0 aliphatic carbocycles. The maximum Gasteiger partial charge on any atom is 0.362 e. The van der Waals surface area contributed by atoms with Crippen LogP contribution in [0.25, 0.3) is 0 Å². The molecule has 0 radical (unpaired) electrons. The van der Waals surface area contributed by atoms with Crippen LogP contribution in [-0.4, -0.2) is 80.6 Å². The van der Waals surface area contributed by atoms with E-state index in [0.717, 1.165) is 96.3 Å². The summed E-state index contributed by atoms with van der Waals surface area (Å²) in [6.45, 7) is 4.52. The Labute approximate surface area is 412 Å². The summed E-state index contributed by atoms with van der Waals surface area (Å²) in [6, 6.07) is -0.621. The zero-order chi connectivity index (χ0) is 49.2. The predicted octanol–water partition coefficient (Wildman–Crippen LogP) is 16.0. The molecule has 0 spiro atoms. The smallest absolute Gasteiger partial charge is 0.362 e. The number of allylic oxidation sites excluding steroid dienone is 14. The normalized spacial score (nSPS) is 13.5. The number of hydrogen-bond acceptors (Lipinski definition) is 6. The highest BCUT2D eigenvalue weighted by Gasteiger charge is 2.31. The van der Waals surface area contributed by atoms with E-state index in [2.05, 4.69) is 98.9 Å². The molecular weight excluding hydrogens is 835 g/mol. The molecule has 2 unspecified atom stereocenters. The first-order valence-electron chi connectivity index (χ1n) is 27.1. The van der Waals surface area contributed by atoms with Crippen LogP contribution in [0.4, 0.5) is 0 Å². The minimum Gasteiger partial charge on any atom is -0.477 e. The predicted molar refractivity (Wildman–Crippen MR) is 284 cm³/mol. The lowest BCUT2D eigenvalue weighted by Gasteiger charge is -2.31. The molecule has 0 heterocycles. The standard InChI is InChI=1S/C59H101NO7/c1-6-8-10-12-14-16-18-20-22-24-26-28-30-31-33-35-37-39-41-43-45-47-49-57(61)66-54-55(53-65-52-51-56(59(63)64)60(3,4)5)67-58(62)50-48-46-44-42-40-38-36-34-32-29-27-25-23-21-19-17-15-13-11-9-7-2/h8-11,14-17,20,22,26,28,31,33,55-56H,6-7,12-13,18-19,21,23-25,27,29-30,32,34-54H2,1-5H3/p+1/b10-8+,11-9+,16-14+,17-15+,22-20+,28-26+,33-31+. The minimum atomic E-state index is -0.878. The van der Waals surface area contributed by atoms with Crippen LogP contribution in [0.1, 0.15) is 219 Å². The van der Waals surface area contributed by atoms with Gasteiger partial charge in [0.25, 0.3) is 0 Å². The van der Waals surface area contributed by atoms with Gasteiger partial charge in [0.05, 0.1) is 34.4 Å². The number of rotatable bonds is 48. The Bertz CT molecular complexity index is 1370. The van der Waals surface area contributed by atoms with Gasteiger partial charge in [0, 0.05) is 19.3 Å². The molecule has 67 heavy (non-hydrogen) atoms. The van der Waals surface area contributed by atoms with Crippen LogP contribution in [-0.2, 0) is 28.6 Å². The molecule has 0 aliphatic heterocycles. The van der Waals surface area contributed by atoms with Crippen molar-refractivity contribution < 1.29 is 38.2 Å². The maximum absolute atomic E-state index is 12.8. The molecule has 0 saturated carbocycles. The van der Waals surface area contributed by atoms with E-state index in [1.807, 2.05) is 21.1 Å². The quantitative estimate of drug-likeness (QED) is 0.0281. The van der Waals surface area contributed by atoms with Gasteiger partial charge < -0.3 is 23.8 Å². The van der Waals surface area contributed by atoms with E-state index in [0.29, 0.717) is 19.3 Å². The van der Waals surface area contributed by atoms with Crippen LogP contribution in [0, 0.1) is 0 Å². The average Bonchev–Trinajstić information content (AvgIpc) is 3.29. The zero-order valence-corrected chi connectivity index (χ0v) is 43.8. The number of nitrogens with zero attached hydrogens (tertiary/aromatic N) is 1. The number of carboxylic acids is 1. The van der Waals surface area contributed by atoms with Gasteiger partial charge >= 0.3 is 17.9 Å². The molecule has 0 rings (SSSR count). The number of carbonyl (C=O) groups excluding carboxylic acids is 2. The summed E-state index contributed by atoms with van der Waals surface area (Å²) in [6.07, 6.45) is 64.9. The second-order valence-electron chi connectivity index (χ2n) is 19.1. The van der Waals surface area contributed by atoms with E-state index in [-0.39, 0.29) is 36.2 Å². The van der Waals surface area contributed by atoms with Gasteiger partial charge in [-0.3, -0.25) is 9.59 Å². The summed E-state index contributed by atoms with van der Waals surface area (Å²) in [5.41, 5.74) is 0. The number of carbonyl (C=O) groups is 3. The summed E-state index contributed by atoms with van der Waals surface area (Å²) in [5.74, 6) is -1.49. The van der Waals surface area contributed by atoms with Gasteiger partial charge in [-0.1, -0.05) is 202 Å². The summed E-state index contributed by atoms with van der Waals surface area (Å²) in [4.78, 5) is 37.2. The van der Waals surface area contributed by atoms with Crippen molar-refractivity contribution in [3.8, 4) is 0 Å². The minimum absolute atomic E-state index is 0.0531. The molecule has 8 heteroatoms. The first-order chi connectivity index (χ1) is 32.6. The second kappa shape index (κ2) is 48.9. The Kier molecular flexibility index (Phi) is 46.4. The fourth-order valence-electron chi connectivity index (χ4n) is 7.69. The van der Waals surface area contributed by atoms with Crippen molar-refractivity contribution in [2.24, 2.45) is 0 Å². The number of esters is 2. The largest absolute Gasteiger partial charge is 0.477 e. The monoisotopic (exact) mass is 937 g/mol. The highest BCUT2D eigenvalue weighted by atomic mass is 16.6. The molecule has 0 bridgehead atoms. The summed E-state index contributed by atoms with van der Waals surface area (Å²) in [5, 5.41) is 9.67. The van der Waals surface area contributed by atoms with E-state index < -0.39 is 18.1 Å². The summed E-state index contributed by atoms with van der Waals surface area (Å²) in [7, 11) is 5.53. The molecule has 0 aromatic heterocycles. The van der Waals surface area contributed by atoms with E-state index in [1.165, 1.54) is 89.9 Å². The molecular formula is C59H102NO7+. The van der Waals surface area contributed by atoms with Crippen LogP contribution in [0.2, 0.25) is 0 Å². The Hall–Kier alpha value is -3.49. The van der Waals surface area contributed by atoms with E-state index in [4.69, 9.17) is 14.2 Å². The number of likely N-dealkylation sites (N-methyl/N-ethyl adjacent to an activating group) is 1. The third-order valence-corrected chi connectivity index (χ3v) is 11.8. The van der Waals surface area contributed by atoms with Crippen molar-refractivity contribution in [1.29, 1.82) is 0 Å². The van der Waals surface area contributed by atoms with Crippen LogP contribution in [0.5, 0.6) is 0 Å². The van der Waals surface area contributed by atoms with Crippen molar-refractivity contribution in [2.45, 2.75) is 231 Å². The van der Waals surface area contributed by atoms with Crippen LogP contribution < -0.4 is 0 Å². The number of aliphatic carboxylic acids is 1. The highest BCUT2D eigenvalue weighted by molar-refractivity contribution is 5.72. The average molecular weight is 937 g/mol. The fourth-order valence-corrected chi connectivity index (χ4v) is 7.69. The van der Waals surface area contributed by atoms with Gasteiger partial charge in [-0.25, -0.2) is 4.79 Å². The van der Waals surface area contributed by atoms with Crippen molar-refractivity contribution in [3.05, 3.63) is 85.1 Å². The number of hydrogen-bond donors (Lipinski definition) is 1. The van der Waals surface area contributed by atoms with Crippen molar-refractivity contribution in [1.82, 2.24) is 0 Å². The lowest BCUT2D eigenvalue weighted by Crippen LogP contribution is -2.50. The van der Waals surface area contributed by atoms with E-state index in [1.54, 1.807) is 0 Å². The molecule has 0 aromatic rings. The van der Waals surface area contributed by atoms with Crippen LogP contribution >= 0.6 is 0 Å². The van der Waals surface area contributed by atoms with Gasteiger partial charge in [-0.2, -0.15) is 0 Å². The fraction of sp³-hybridized carbons (Fsp3) is 0.712. The summed E-state index contributed by atoms with van der Waals surface area (Å²) >= 11 is 0. The maximum atomic E-state index is 12.8. The molecule has 384 valence electrons. The SMILES string of the molecule is CC/C=C/C/C=C/C/C=C/C/C=C/C/C=C/CCCCCCCCC(=O)OCC(COCCC(C(=O)O)[N+](C)(C)C)OC(=O)CCCCCCCCCCCCCCCC/C=C/C/C=C/CC. The van der Waals surface area contributed by atoms with Crippen LogP contribution in [0.3, 0.4) is 0 Å². The number of ether oxygens (including phenoxy) is 3. The number of quaternary nitrogens is 1. The van der Waals surface area contributed by atoms with Crippen molar-refractivity contribution in [3.63, 3.8) is 0 Å². The van der Waals surface area contributed by atoms with Gasteiger partial charge in [-0.15, -0.1) is 0 Å². The molecule has 2 atom stereocenters. The first-order valence-corrected chi connectivity index (χ1v) is 27.1. The molecule has 0 saturated heterocycles. The number of unbranched alkanes of at least 4 members (excludes halogenated alkanes) is 20. The molecule has 0 amide bonds.